The summed E-state index contributed by atoms with van der Waals surface area (Å²) in [5.41, 5.74) is 0. The van der Waals surface area contributed by atoms with Crippen molar-refractivity contribution in [2.75, 3.05) is 53.9 Å². The van der Waals surface area contributed by atoms with E-state index in [1.54, 1.807) is 14.2 Å². The van der Waals surface area contributed by atoms with Gasteiger partial charge in [-0.15, -0.1) is 0 Å². The highest BCUT2D eigenvalue weighted by Crippen LogP contribution is 2.01. The van der Waals surface area contributed by atoms with Crippen LogP contribution in [0.1, 0.15) is 45.4 Å². The van der Waals surface area contributed by atoms with E-state index in [2.05, 4.69) is 12.2 Å². The molecule has 0 saturated heterocycles. The summed E-state index contributed by atoms with van der Waals surface area (Å²) in [7, 11) is 3.39. The first kappa shape index (κ1) is 21.1. The maximum Gasteiger partial charge on any atom is 0.319 e. The Labute approximate surface area is 135 Å². The van der Waals surface area contributed by atoms with Gasteiger partial charge in [0.05, 0.1) is 0 Å². The van der Waals surface area contributed by atoms with E-state index in [1.807, 2.05) is 4.90 Å². The minimum absolute atomic E-state index is 0.0497. The lowest BCUT2D eigenvalue weighted by molar-refractivity contribution is 0.109. The summed E-state index contributed by atoms with van der Waals surface area (Å²) in [6.45, 7) is 6.06. The number of unbranched alkanes of at least 4 members (excludes halogenated alkanes) is 3. The molecule has 2 amide bonds. The standard InChI is InChI=1S/C16H34N2O4/c1-4-5-14-22-15-17-16(19)18(10-6-8-12-20-2)11-7-9-13-21-3/h4-15H2,1-3H3,(H,17,19). The lowest BCUT2D eigenvalue weighted by Crippen LogP contribution is -2.42. The third kappa shape index (κ3) is 12.9. The first-order valence-corrected chi connectivity index (χ1v) is 8.34. The van der Waals surface area contributed by atoms with Crippen molar-refractivity contribution in [3.8, 4) is 0 Å². The predicted octanol–water partition coefficient (Wildman–Crippen LogP) is 2.63. The average molecular weight is 318 g/mol. The molecule has 0 saturated carbocycles. The van der Waals surface area contributed by atoms with E-state index in [0.29, 0.717) is 6.61 Å². The van der Waals surface area contributed by atoms with Gasteiger partial charge in [0.25, 0.3) is 0 Å². The van der Waals surface area contributed by atoms with Gasteiger partial charge < -0.3 is 24.4 Å². The molecular weight excluding hydrogens is 284 g/mol. The van der Waals surface area contributed by atoms with Gasteiger partial charge in [0.2, 0.25) is 0 Å². The number of ether oxygens (including phenoxy) is 3. The molecule has 6 heteroatoms. The second kappa shape index (κ2) is 16.5. The van der Waals surface area contributed by atoms with E-state index in [9.17, 15) is 4.79 Å². The number of carbonyl (C=O) groups excluding carboxylic acids is 1. The summed E-state index contributed by atoms with van der Waals surface area (Å²) < 4.78 is 15.5. The van der Waals surface area contributed by atoms with Crippen molar-refractivity contribution in [2.24, 2.45) is 0 Å². The van der Waals surface area contributed by atoms with Gasteiger partial charge in [0.15, 0.2) is 0 Å². The van der Waals surface area contributed by atoms with Gasteiger partial charge in [-0.05, 0) is 32.1 Å². The maximum absolute atomic E-state index is 12.2. The minimum Gasteiger partial charge on any atom is -0.385 e. The normalized spacial score (nSPS) is 10.7. The highest BCUT2D eigenvalue weighted by atomic mass is 16.5. The van der Waals surface area contributed by atoms with E-state index in [4.69, 9.17) is 14.2 Å². The second-order valence-corrected chi connectivity index (χ2v) is 5.27. The summed E-state index contributed by atoms with van der Waals surface area (Å²) in [4.78, 5) is 14.0. The van der Waals surface area contributed by atoms with Crippen LogP contribution < -0.4 is 5.32 Å². The van der Waals surface area contributed by atoms with Gasteiger partial charge in [-0.2, -0.15) is 0 Å². The van der Waals surface area contributed by atoms with Crippen LogP contribution in [0.5, 0.6) is 0 Å². The average Bonchev–Trinajstić information content (AvgIpc) is 2.53. The van der Waals surface area contributed by atoms with Crippen LogP contribution in [-0.4, -0.2) is 64.8 Å². The van der Waals surface area contributed by atoms with Gasteiger partial charge in [0, 0.05) is 47.1 Å². The summed E-state index contributed by atoms with van der Waals surface area (Å²) in [6, 6.07) is -0.0497. The zero-order valence-electron chi connectivity index (χ0n) is 14.6. The van der Waals surface area contributed by atoms with Crippen LogP contribution in [0, 0.1) is 0 Å². The van der Waals surface area contributed by atoms with Crippen molar-refractivity contribution < 1.29 is 19.0 Å². The van der Waals surface area contributed by atoms with E-state index >= 15 is 0 Å². The summed E-state index contributed by atoms with van der Waals surface area (Å²) in [5, 5.41) is 2.83. The molecule has 0 bridgehead atoms. The molecule has 0 aliphatic heterocycles. The molecule has 0 spiro atoms. The predicted molar refractivity (Wildman–Crippen MR) is 88.1 cm³/mol. The Balaban J connectivity index is 3.97. The summed E-state index contributed by atoms with van der Waals surface area (Å²) in [5.74, 6) is 0. The quantitative estimate of drug-likeness (QED) is 0.372. The van der Waals surface area contributed by atoms with E-state index in [1.165, 1.54) is 0 Å². The molecule has 0 fully saturated rings. The third-order valence-electron chi connectivity index (χ3n) is 3.31. The zero-order chi connectivity index (χ0) is 16.5. The van der Waals surface area contributed by atoms with Gasteiger partial charge in [0.1, 0.15) is 6.73 Å². The number of hydrogen-bond donors (Lipinski definition) is 1. The highest BCUT2D eigenvalue weighted by Gasteiger charge is 2.12. The Kier molecular flexibility index (Phi) is 15.9. The van der Waals surface area contributed by atoms with Gasteiger partial charge in [-0.3, -0.25) is 0 Å². The second-order valence-electron chi connectivity index (χ2n) is 5.27. The van der Waals surface area contributed by atoms with Gasteiger partial charge in [-0.25, -0.2) is 4.79 Å². The fourth-order valence-corrected chi connectivity index (χ4v) is 1.96. The minimum atomic E-state index is -0.0497. The fraction of sp³-hybridized carbons (Fsp3) is 0.938. The SMILES string of the molecule is CCCCOCNC(=O)N(CCCCOC)CCCCOC. The molecule has 0 aromatic heterocycles. The van der Waals surface area contributed by atoms with Crippen LogP contribution in [0.2, 0.25) is 0 Å². The molecule has 1 N–H and O–H groups in total. The molecule has 0 aromatic rings. The summed E-state index contributed by atoms with van der Waals surface area (Å²) >= 11 is 0. The molecule has 0 aliphatic carbocycles. The Morgan fingerprint density at radius 1 is 0.909 bits per heavy atom. The Bertz CT molecular complexity index is 240. The smallest absolute Gasteiger partial charge is 0.319 e. The molecule has 0 rings (SSSR count). The lowest BCUT2D eigenvalue weighted by atomic mass is 10.2. The number of urea groups is 1. The zero-order valence-corrected chi connectivity index (χ0v) is 14.6. The van der Waals surface area contributed by atoms with Crippen molar-refractivity contribution in [3.63, 3.8) is 0 Å². The number of nitrogens with zero attached hydrogens (tertiary/aromatic N) is 1. The number of carbonyl (C=O) groups is 1. The van der Waals surface area contributed by atoms with Crippen molar-refractivity contribution in [1.29, 1.82) is 0 Å². The lowest BCUT2D eigenvalue weighted by Gasteiger charge is -2.23. The van der Waals surface area contributed by atoms with Crippen LogP contribution in [0.15, 0.2) is 0 Å². The third-order valence-corrected chi connectivity index (χ3v) is 3.31. The topological polar surface area (TPSA) is 60.0 Å². The Morgan fingerprint density at radius 2 is 1.50 bits per heavy atom. The largest absolute Gasteiger partial charge is 0.385 e. The van der Waals surface area contributed by atoms with Crippen LogP contribution in [0.3, 0.4) is 0 Å². The number of nitrogens with one attached hydrogen (secondary N) is 1. The molecule has 0 heterocycles. The van der Waals surface area contributed by atoms with Crippen LogP contribution in [-0.2, 0) is 14.2 Å². The number of amides is 2. The molecule has 22 heavy (non-hydrogen) atoms. The van der Waals surface area contributed by atoms with E-state index in [0.717, 1.165) is 64.8 Å². The van der Waals surface area contributed by atoms with Crippen LogP contribution in [0.4, 0.5) is 4.79 Å². The number of methoxy groups -OCH3 is 2. The van der Waals surface area contributed by atoms with E-state index in [-0.39, 0.29) is 12.8 Å². The van der Waals surface area contributed by atoms with Crippen LogP contribution >= 0.6 is 0 Å². The van der Waals surface area contributed by atoms with Crippen LogP contribution in [0.25, 0.3) is 0 Å². The fourth-order valence-electron chi connectivity index (χ4n) is 1.96. The van der Waals surface area contributed by atoms with Gasteiger partial charge >= 0.3 is 6.03 Å². The summed E-state index contributed by atoms with van der Waals surface area (Å²) in [6.07, 6.45) is 5.94. The molecule has 0 unspecified atom stereocenters. The molecule has 0 radical (unpaired) electrons. The maximum atomic E-state index is 12.2. The Hall–Kier alpha value is -0.850. The molecule has 6 nitrogen and oxygen atoms in total. The van der Waals surface area contributed by atoms with Crippen molar-refractivity contribution >= 4 is 6.03 Å². The Morgan fingerprint density at radius 3 is 2.00 bits per heavy atom. The highest BCUT2D eigenvalue weighted by molar-refractivity contribution is 5.73. The molecular formula is C16H34N2O4. The van der Waals surface area contributed by atoms with Crippen molar-refractivity contribution in [3.05, 3.63) is 0 Å². The van der Waals surface area contributed by atoms with E-state index < -0.39 is 0 Å². The molecule has 0 aliphatic rings. The molecule has 0 atom stereocenters. The van der Waals surface area contributed by atoms with Crippen molar-refractivity contribution in [1.82, 2.24) is 10.2 Å². The molecule has 0 aromatic carbocycles. The van der Waals surface area contributed by atoms with Crippen molar-refractivity contribution in [2.45, 2.75) is 45.4 Å². The monoisotopic (exact) mass is 318 g/mol. The number of rotatable bonds is 15. The molecule has 132 valence electrons. The number of hydrogen-bond acceptors (Lipinski definition) is 4. The first-order chi connectivity index (χ1) is 10.8. The van der Waals surface area contributed by atoms with Gasteiger partial charge in [-0.1, -0.05) is 13.3 Å². The first-order valence-electron chi connectivity index (χ1n) is 8.34.